The fourth-order valence-electron chi connectivity index (χ4n) is 2.39. The van der Waals surface area contributed by atoms with Crippen LogP contribution in [-0.4, -0.2) is 28.8 Å². The molecule has 2 N–H and O–H groups in total. The Kier molecular flexibility index (Phi) is 3.52. The minimum atomic E-state index is -0.249. The van der Waals surface area contributed by atoms with E-state index >= 15 is 0 Å². The van der Waals surface area contributed by atoms with E-state index in [0.717, 1.165) is 18.4 Å². The monoisotopic (exact) mass is 272 g/mol. The quantitative estimate of drug-likeness (QED) is 0.890. The summed E-state index contributed by atoms with van der Waals surface area (Å²) in [6.45, 7) is 0.187. The van der Waals surface area contributed by atoms with E-state index in [1.807, 2.05) is 30.3 Å². The van der Waals surface area contributed by atoms with Crippen molar-refractivity contribution in [2.45, 2.75) is 18.9 Å². The Morgan fingerprint density at radius 2 is 2.10 bits per heavy atom. The van der Waals surface area contributed by atoms with Gasteiger partial charge in [-0.3, -0.25) is 4.79 Å². The van der Waals surface area contributed by atoms with Crippen molar-refractivity contribution >= 4 is 5.91 Å². The first-order valence-electron chi connectivity index (χ1n) is 6.70. The van der Waals surface area contributed by atoms with Crippen LogP contribution in [0, 0.1) is 5.92 Å². The highest BCUT2D eigenvalue weighted by molar-refractivity contribution is 5.92. The third-order valence-corrected chi connectivity index (χ3v) is 3.63. The van der Waals surface area contributed by atoms with E-state index < -0.39 is 0 Å². The van der Waals surface area contributed by atoms with Gasteiger partial charge >= 0.3 is 0 Å². The molecule has 0 atom stereocenters. The molecule has 0 bridgehead atoms. The number of aromatic nitrogens is 1. The third kappa shape index (κ3) is 2.58. The summed E-state index contributed by atoms with van der Waals surface area (Å²) in [4.78, 5) is 12.0. The Morgan fingerprint density at radius 1 is 1.35 bits per heavy atom. The Hall–Kier alpha value is -2.14. The van der Waals surface area contributed by atoms with Crippen LogP contribution in [0.5, 0.6) is 0 Å². The fourth-order valence-corrected chi connectivity index (χ4v) is 2.39. The highest BCUT2D eigenvalue weighted by atomic mass is 16.5. The number of nitrogens with zero attached hydrogens (tertiary/aromatic N) is 1. The van der Waals surface area contributed by atoms with Gasteiger partial charge in [-0.25, -0.2) is 0 Å². The summed E-state index contributed by atoms with van der Waals surface area (Å²) in [5.74, 6) is 0.285. The van der Waals surface area contributed by atoms with Gasteiger partial charge in [0.05, 0.1) is 0 Å². The maximum absolute atomic E-state index is 12.0. The molecule has 1 aliphatic rings. The summed E-state index contributed by atoms with van der Waals surface area (Å²) < 4.78 is 5.09. The molecule has 1 aliphatic carbocycles. The number of carbonyl (C=O) groups excluding carboxylic acids is 1. The van der Waals surface area contributed by atoms with E-state index in [2.05, 4.69) is 10.5 Å². The van der Waals surface area contributed by atoms with Crippen LogP contribution in [0.2, 0.25) is 0 Å². The Morgan fingerprint density at radius 3 is 2.80 bits per heavy atom. The van der Waals surface area contributed by atoms with Crippen LogP contribution in [0.25, 0.3) is 11.3 Å². The zero-order chi connectivity index (χ0) is 13.9. The van der Waals surface area contributed by atoms with Gasteiger partial charge in [-0.15, -0.1) is 0 Å². The smallest absolute Gasteiger partial charge is 0.290 e. The molecule has 1 amide bonds. The molecule has 1 fully saturated rings. The summed E-state index contributed by atoms with van der Waals surface area (Å²) >= 11 is 0. The first kappa shape index (κ1) is 12.9. The minimum absolute atomic E-state index is 0.130. The van der Waals surface area contributed by atoms with E-state index in [4.69, 9.17) is 9.63 Å². The Balaban J connectivity index is 1.64. The lowest BCUT2D eigenvalue weighted by atomic mass is 9.81. The number of aliphatic hydroxyl groups is 1. The molecule has 0 radical (unpaired) electrons. The Labute approximate surface area is 116 Å². The van der Waals surface area contributed by atoms with Gasteiger partial charge in [-0.2, -0.15) is 0 Å². The maximum atomic E-state index is 12.0. The molecule has 0 unspecified atom stereocenters. The van der Waals surface area contributed by atoms with Crippen molar-refractivity contribution in [1.29, 1.82) is 0 Å². The lowest BCUT2D eigenvalue weighted by Crippen LogP contribution is -2.45. The van der Waals surface area contributed by atoms with Crippen LogP contribution in [0.1, 0.15) is 23.4 Å². The molecule has 104 valence electrons. The van der Waals surface area contributed by atoms with E-state index in [1.165, 1.54) is 0 Å². The molecule has 1 aromatic heterocycles. The standard InChI is InChI=1S/C15H16N2O3/c18-9-10-6-12(7-10)16-15(19)14-8-13(17-20-14)11-4-2-1-3-5-11/h1-5,8,10,12,18H,6-7,9H2,(H,16,19). The normalized spacial score (nSPS) is 21.2. The average Bonchev–Trinajstić information content (AvgIpc) is 2.93. The molecule has 1 aromatic carbocycles. The number of benzene rings is 1. The highest BCUT2D eigenvalue weighted by Crippen LogP contribution is 2.27. The number of carbonyl (C=O) groups is 1. The maximum Gasteiger partial charge on any atom is 0.290 e. The number of rotatable bonds is 4. The molecule has 0 saturated heterocycles. The topological polar surface area (TPSA) is 75.4 Å². The number of hydrogen-bond acceptors (Lipinski definition) is 4. The van der Waals surface area contributed by atoms with Crippen LogP contribution in [0.3, 0.4) is 0 Å². The second-order valence-corrected chi connectivity index (χ2v) is 5.13. The van der Waals surface area contributed by atoms with Gasteiger partial charge in [0.15, 0.2) is 0 Å². The largest absolute Gasteiger partial charge is 0.396 e. The van der Waals surface area contributed by atoms with Crippen LogP contribution in [-0.2, 0) is 0 Å². The SMILES string of the molecule is O=C(NC1CC(CO)C1)c1cc(-c2ccccc2)no1. The molecule has 5 nitrogen and oxygen atoms in total. The lowest BCUT2D eigenvalue weighted by Gasteiger charge is -2.34. The van der Waals surface area contributed by atoms with Gasteiger partial charge in [-0.1, -0.05) is 35.5 Å². The molecule has 2 aromatic rings. The summed E-state index contributed by atoms with van der Waals surface area (Å²) in [6.07, 6.45) is 1.64. The first-order valence-corrected chi connectivity index (χ1v) is 6.70. The van der Waals surface area contributed by atoms with Crippen molar-refractivity contribution in [3.05, 3.63) is 42.2 Å². The van der Waals surface area contributed by atoms with Gasteiger partial charge in [-0.05, 0) is 18.8 Å². The summed E-state index contributed by atoms with van der Waals surface area (Å²) in [7, 11) is 0. The van der Waals surface area contributed by atoms with E-state index in [9.17, 15) is 4.79 Å². The van der Waals surface area contributed by atoms with Crippen molar-refractivity contribution in [3.8, 4) is 11.3 Å². The van der Waals surface area contributed by atoms with Crippen molar-refractivity contribution in [3.63, 3.8) is 0 Å². The second-order valence-electron chi connectivity index (χ2n) is 5.13. The predicted molar refractivity (Wildman–Crippen MR) is 73.0 cm³/mol. The van der Waals surface area contributed by atoms with Crippen LogP contribution >= 0.6 is 0 Å². The lowest BCUT2D eigenvalue weighted by molar-refractivity contribution is 0.0798. The van der Waals surface area contributed by atoms with E-state index in [0.29, 0.717) is 11.6 Å². The fraction of sp³-hybridized carbons (Fsp3) is 0.333. The Bertz CT molecular complexity index is 588. The molecule has 0 aliphatic heterocycles. The number of nitrogens with one attached hydrogen (secondary N) is 1. The van der Waals surface area contributed by atoms with Crippen LogP contribution in [0.15, 0.2) is 40.9 Å². The number of amides is 1. The van der Waals surface area contributed by atoms with Crippen LogP contribution in [0.4, 0.5) is 0 Å². The molecule has 0 spiro atoms. The van der Waals surface area contributed by atoms with Gasteiger partial charge in [0, 0.05) is 24.3 Å². The van der Waals surface area contributed by atoms with Gasteiger partial charge in [0.2, 0.25) is 5.76 Å². The summed E-state index contributed by atoms with van der Waals surface area (Å²) in [5, 5.41) is 15.7. The third-order valence-electron chi connectivity index (χ3n) is 3.63. The van der Waals surface area contributed by atoms with Crippen molar-refractivity contribution in [2.75, 3.05) is 6.61 Å². The summed E-state index contributed by atoms with van der Waals surface area (Å²) in [5.41, 5.74) is 1.57. The van der Waals surface area contributed by atoms with Crippen molar-refractivity contribution < 1.29 is 14.4 Å². The molecular weight excluding hydrogens is 256 g/mol. The van der Waals surface area contributed by atoms with Gasteiger partial charge < -0.3 is 14.9 Å². The minimum Gasteiger partial charge on any atom is -0.396 e. The first-order chi connectivity index (χ1) is 9.76. The predicted octanol–water partition coefficient (Wildman–Crippen LogP) is 1.84. The number of hydrogen-bond donors (Lipinski definition) is 2. The zero-order valence-electron chi connectivity index (χ0n) is 11.0. The molecule has 1 heterocycles. The molecular formula is C15H16N2O3. The van der Waals surface area contributed by atoms with E-state index in [-0.39, 0.29) is 24.3 Å². The van der Waals surface area contributed by atoms with Gasteiger partial charge in [0.25, 0.3) is 5.91 Å². The van der Waals surface area contributed by atoms with Crippen LogP contribution < -0.4 is 5.32 Å². The molecule has 20 heavy (non-hydrogen) atoms. The van der Waals surface area contributed by atoms with Crippen molar-refractivity contribution in [1.82, 2.24) is 10.5 Å². The van der Waals surface area contributed by atoms with E-state index in [1.54, 1.807) is 6.07 Å². The molecule has 5 heteroatoms. The van der Waals surface area contributed by atoms with Gasteiger partial charge in [0.1, 0.15) is 5.69 Å². The van der Waals surface area contributed by atoms with Crippen molar-refractivity contribution in [2.24, 2.45) is 5.92 Å². The molecule has 1 saturated carbocycles. The number of aliphatic hydroxyl groups excluding tert-OH is 1. The highest BCUT2D eigenvalue weighted by Gasteiger charge is 2.30. The molecule has 3 rings (SSSR count). The average molecular weight is 272 g/mol. The zero-order valence-corrected chi connectivity index (χ0v) is 11.0. The second kappa shape index (κ2) is 5.46. The summed E-state index contributed by atoms with van der Waals surface area (Å²) in [6, 6.07) is 11.3.